The maximum absolute atomic E-state index is 10.2. The van der Waals surface area contributed by atoms with Crippen molar-refractivity contribution in [2.75, 3.05) is 13.1 Å². The topological polar surface area (TPSA) is 32.6 Å². The zero-order valence-corrected chi connectivity index (χ0v) is 21.4. The Hall–Kier alpha value is -0.670. The largest absolute Gasteiger partial charge is 0.345 e. The molecule has 3 nitrogen and oxygen atoms in total. The Morgan fingerprint density at radius 2 is 1.29 bits per heavy atom. The van der Waals surface area contributed by atoms with Crippen molar-refractivity contribution in [3.63, 3.8) is 0 Å². The van der Waals surface area contributed by atoms with Crippen LogP contribution in [0.15, 0.2) is 17.1 Å². The molecule has 0 fully saturated rings. The van der Waals surface area contributed by atoms with Crippen molar-refractivity contribution < 1.29 is 9.59 Å². The van der Waals surface area contributed by atoms with Crippen LogP contribution in [0, 0.1) is 0 Å². The van der Waals surface area contributed by atoms with Crippen molar-refractivity contribution in [2.24, 2.45) is 4.99 Å². The van der Waals surface area contributed by atoms with Crippen LogP contribution in [0.4, 0.5) is 0 Å². The molecule has 182 valence electrons. The van der Waals surface area contributed by atoms with E-state index in [1.165, 1.54) is 109 Å². The zero-order valence-electron chi connectivity index (χ0n) is 21.4. The summed E-state index contributed by atoms with van der Waals surface area (Å²) in [5.74, 6) is 0. The van der Waals surface area contributed by atoms with E-state index in [1.807, 2.05) is 13.1 Å². The molecule has 0 radical (unpaired) electrons. The lowest BCUT2D eigenvalue weighted by Gasteiger charge is -2.40. The minimum atomic E-state index is -0.311. The van der Waals surface area contributed by atoms with E-state index in [-0.39, 0.29) is 12.4 Å². The summed E-state index contributed by atoms with van der Waals surface area (Å²) in [5.41, 5.74) is 0. The van der Waals surface area contributed by atoms with Gasteiger partial charge in [-0.3, -0.25) is 4.48 Å². The van der Waals surface area contributed by atoms with Gasteiger partial charge in [0.05, 0.1) is 12.8 Å². The molecule has 31 heavy (non-hydrogen) atoms. The Balaban J connectivity index is 1.83. The summed E-state index contributed by atoms with van der Waals surface area (Å²) < 4.78 is 0.746. The maximum Gasteiger partial charge on any atom is 0.189 e. The molecule has 1 rings (SSSR count). The van der Waals surface area contributed by atoms with Crippen molar-refractivity contribution in [1.29, 1.82) is 0 Å². The predicted molar refractivity (Wildman–Crippen MR) is 138 cm³/mol. The molecule has 1 heterocycles. The molecular formula is C28H55N2O+. The van der Waals surface area contributed by atoms with E-state index < -0.39 is 0 Å². The molecule has 0 spiro atoms. The van der Waals surface area contributed by atoms with Gasteiger partial charge in [0.1, 0.15) is 6.54 Å². The molecule has 0 saturated carbocycles. The highest BCUT2D eigenvalue weighted by Gasteiger charge is 2.41. The molecule has 0 aromatic heterocycles. The van der Waals surface area contributed by atoms with Gasteiger partial charge < -0.3 is 5.11 Å². The summed E-state index contributed by atoms with van der Waals surface area (Å²) in [4.78, 5) is 4.68. The fraction of sp³-hybridized carbons (Fsp3) is 0.893. The van der Waals surface area contributed by atoms with Crippen molar-refractivity contribution >= 4 is 6.21 Å². The highest BCUT2D eigenvalue weighted by Crippen LogP contribution is 2.26. The van der Waals surface area contributed by atoms with Gasteiger partial charge in [-0.1, -0.05) is 96.1 Å². The van der Waals surface area contributed by atoms with E-state index in [4.69, 9.17) is 0 Å². The first kappa shape index (κ1) is 28.4. The summed E-state index contributed by atoms with van der Waals surface area (Å²) in [6.45, 7) is 8.25. The van der Waals surface area contributed by atoms with E-state index in [9.17, 15) is 5.11 Å². The van der Waals surface area contributed by atoms with Crippen molar-refractivity contribution in [3.05, 3.63) is 12.2 Å². The molecule has 0 aromatic carbocycles. The van der Waals surface area contributed by atoms with E-state index in [1.54, 1.807) is 0 Å². The van der Waals surface area contributed by atoms with Gasteiger partial charge in [-0.15, -0.1) is 0 Å². The Morgan fingerprint density at radius 3 is 1.77 bits per heavy atom. The fourth-order valence-electron chi connectivity index (χ4n) is 5.02. The minimum Gasteiger partial charge on any atom is -0.345 e. The zero-order chi connectivity index (χ0) is 22.6. The van der Waals surface area contributed by atoms with Crippen LogP contribution < -0.4 is 0 Å². The average Bonchev–Trinajstić information content (AvgIpc) is 3.19. The van der Waals surface area contributed by atoms with Crippen LogP contribution in [0.2, 0.25) is 0 Å². The molecule has 0 aromatic rings. The Bertz CT molecular complexity index is 460. The van der Waals surface area contributed by atoms with Crippen LogP contribution in [0.3, 0.4) is 0 Å². The first-order valence-corrected chi connectivity index (χ1v) is 13.9. The molecule has 0 bridgehead atoms. The monoisotopic (exact) mass is 435 g/mol. The van der Waals surface area contributed by atoms with Gasteiger partial charge >= 0.3 is 0 Å². The summed E-state index contributed by atoms with van der Waals surface area (Å²) >= 11 is 0. The number of allylic oxidation sites excluding steroid dienone is 2. The van der Waals surface area contributed by atoms with Gasteiger partial charge in [-0.2, -0.15) is 0 Å². The number of rotatable bonds is 21. The van der Waals surface area contributed by atoms with Gasteiger partial charge in [0, 0.05) is 13.3 Å². The highest BCUT2D eigenvalue weighted by molar-refractivity contribution is 5.60. The minimum absolute atomic E-state index is 0.284. The Labute approximate surface area is 195 Å². The third-order valence-electron chi connectivity index (χ3n) is 7.35. The van der Waals surface area contributed by atoms with Crippen LogP contribution in [-0.2, 0) is 0 Å². The van der Waals surface area contributed by atoms with E-state index in [2.05, 4.69) is 31.0 Å². The lowest BCUT2D eigenvalue weighted by molar-refractivity contribution is -0.976. The van der Waals surface area contributed by atoms with Crippen LogP contribution in [0.5, 0.6) is 0 Å². The van der Waals surface area contributed by atoms with Gasteiger partial charge in [-0.25, -0.2) is 4.99 Å². The molecule has 0 aliphatic carbocycles. The van der Waals surface area contributed by atoms with Crippen molar-refractivity contribution in [1.82, 2.24) is 0 Å². The maximum atomic E-state index is 10.2. The number of aliphatic hydroxyl groups excluding tert-OH is 1. The van der Waals surface area contributed by atoms with Crippen LogP contribution >= 0.6 is 0 Å². The molecule has 1 N–H and O–H groups in total. The van der Waals surface area contributed by atoms with E-state index >= 15 is 0 Å². The second kappa shape index (κ2) is 18.9. The van der Waals surface area contributed by atoms with Crippen molar-refractivity contribution in [3.8, 4) is 0 Å². The third-order valence-corrected chi connectivity index (χ3v) is 7.35. The van der Waals surface area contributed by atoms with Crippen LogP contribution in [0.25, 0.3) is 0 Å². The summed E-state index contributed by atoms with van der Waals surface area (Å²) in [5, 5.41) is 10.2. The molecular weight excluding hydrogens is 380 g/mol. The number of nitrogens with zero attached hydrogens (tertiary/aromatic N) is 2. The molecule has 0 saturated heterocycles. The van der Waals surface area contributed by atoms with E-state index in [0.29, 0.717) is 0 Å². The number of hydrogen-bond donors (Lipinski definition) is 1. The fourth-order valence-corrected chi connectivity index (χ4v) is 5.02. The van der Waals surface area contributed by atoms with E-state index in [0.717, 1.165) is 24.0 Å². The van der Waals surface area contributed by atoms with Crippen LogP contribution in [-0.4, -0.2) is 41.3 Å². The quantitative estimate of drug-likeness (QED) is 0.110. The number of aliphatic hydroxyl groups is 1. The van der Waals surface area contributed by atoms with Gasteiger partial charge in [0.25, 0.3) is 0 Å². The Morgan fingerprint density at radius 1 is 0.806 bits per heavy atom. The molecule has 1 aliphatic rings. The standard InChI is InChI=1S/C28H55N2O/c1-4-6-7-8-9-10-11-12-13-14-15-16-17-18-19-20-21-22-23-24-28-29-25-26-30(28,5-2)27(3)31/h9-10,25,27-28,31H,4-8,11-24,26H2,1-3H3/q+1/b10-9+. The first-order chi connectivity index (χ1) is 15.2. The summed E-state index contributed by atoms with van der Waals surface area (Å²) in [6, 6.07) is 0. The number of hydrogen-bond acceptors (Lipinski definition) is 2. The predicted octanol–water partition coefficient (Wildman–Crippen LogP) is 8.17. The highest BCUT2D eigenvalue weighted by atomic mass is 16.3. The first-order valence-electron chi connectivity index (χ1n) is 13.9. The molecule has 3 atom stereocenters. The summed E-state index contributed by atoms with van der Waals surface area (Å²) in [7, 11) is 0. The molecule has 1 aliphatic heterocycles. The average molecular weight is 436 g/mol. The SMILES string of the molecule is CCCCC/C=C/CCCCCCCCCCCCCCC1N=CC[N+]1(CC)C(C)O. The van der Waals surface area contributed by atoms with Crippen molar-refractivity contribution in [2.45, 2.75) is 149 Å². The summed E-state index contributed by atoms with van der Waals surface area (Å²) in [6.07, 6.45) is 31.3. The van der Waals surface area contributed by atoms with Gasteiger partial charge in [-0.05, 0) is 39.0 Å². The third kappa shape index (κ3) is 12.2. The molecule has 3 heteroatoms. The second-order valence-electron chi connectivity index (χ2n) is 9.83. The van der Waals surface area contributed by atoms with Gasteiger partial charge in [0.15, 0.2) is 12.4 Å². The number of aliphatic imine (C=N–C) groups is 1. The smallest absolute Gasteiger partial charge is 0.189 e. The van der Waals surface area contributed by atoms with Gasteiger partial charge in [0.2, 0.25) is 0 Å². The molecule has 0 amide bonds. The number of unbranched alkanes of at least 4 members (excludes halogenated alkanes) is 15. The Kier molecular flexibility index (Phi) is 17.3. The second-order valence-corrected chi connectivity index (χ2v) is 9.83. The lowest BCUT2D eigenvalue weighted by Crippen LogP contribution is -2.57. The lowest BCUT2D eigenvalue weighted by atomic mass is 10.0. The molecule has 3 unspecified atom stereocenters. The van der Waals surface area contributed by atoms with Crippen LogP contribution in [0.1, 0.15) is 136 Å². The number of quaternary nitrogens is 1. The normalized spacial score (nSPS) is 22.0.